The Hall–Kier alpha value is 3.90. The van der Waals surface area contributed by atoms with E-state index in [2.05, 4.69) is 53.6 Å². The maximum atomic E-state index is 8.87. The van der Waals surface area contributed by atoms with E-state index in [9.17, 15) is 0 Å². The minimum Gasteiger partial charge on any atom is -0.408 e. The fraction of sp³-hybridized carbons (Fsp3) is 0.909. The molecule has 17 heteroatoms. The smallest absolute Gasteiger partial charge is 0.118 e. The molecule has 61 heavy (non-hydrogen) atoms. The molecule has 13 fully saturated rings. The molecule has 13 aliphatic rings. The van der Waals surface area contributed by atoms with E-state index < -0.39 is 0 Å². The molecule has 4 aliphatic carbocycles. The maximum Gasteiger partial charge on any atom is 0.118 e. The van der Waals surface area contributed by atoms with Crippen LogP contribution in [0.2, 0.25) is 0 Å². The molecule has 0 aromatic heterocycles. The fourth-order valence-corrected chi connectivity index (χ4v) is 7.40. The Morgan fingerprint density at radius 1 is 0.443 bits per heavy atom. The molecule has 0 amide bonds. The molecule has 0 bridgehead atoms. The summed E-state index contributed by atoms with van der Waals surface area (Å²) in [6, 6.07) is 0. The summed E-state index contributed by atoms with van der Waals surface area (Å²) >= 11 is 0. The van der Waals surface area contributed by atoms with Crippen LogP contribution >= 0.6 is 0 Å². The average molecular weight is 1170 g/mol. The van der Waals surface area contributed by atoms with Crippen molar-refractivity contribution in [2.24, 2.45) is 0 Å². The van der Waals surface area contributed by atoms with Crippen molar-refractivity contribution in [2.45, 2.75) is 193 Å². The molecular formula is C44H76O13Y4-4. The van der Waals surface area contributed by atoms with Crippen LogP contribution in [0.15, 0.2) is 0 Å². The number of ether oxygens (including phenoxy) is 9. The zero-order valence-corrected chi connectivity index (χ0v) is 48.5. The first-order valence-electron chi connectivity index (χ1n) is 22.1. The van der Waals surface area contributed by atoms with E-state index in [-0.39, 0.29) is 192 Å². The van der Waals surface area contributed by atoms with Gasteiger partial charge in [-0.2, -0.15) is 0 Å². The average Bonchev–Trinajstić information content (AvgIpc) is 4.05. The van der Waals surface area contributed by atoms with Crippen molar-refractivity contribution in [1.82, 2.24) is 0 Å². The molecule has 0 spiro atoms. The summed E-state index contributed by atoms with van der Waals surface area (Å²) in [5.41, 5.74) is 0.0764. The Labute approximate surface area is 468 Å². The van der Waals surface area contributed by atoms with Gasteiger partial charge in [-0.25, -0.2) is 0 Å². The third-order valence-electron chi connectivity index (χ3n) is 12.3. The minimum absolute atomic E-state index is 0. The number of hydrogen-bond donors (Lipinski definition) is 4. The molecule has 13 nitrogen and oxygen atoms in total. The number of aliphatic hydroxyl groups is 4. The van der Waals surface area contributed by atoms with Crippen LogP contribution in [-0.2, 0) is 173 Å². The number of epoxide rings is 9. The number of aliphatic hydroxyl groups excluding tert-OH is 4. The van der Waals surface area contributed by atoms with Gasteiger partial charge in [0.15, 0.2) is 0 Å². The summed E-state index contributed by atoms with van der Waals surface area (Å²) in [6.45, 7) is 22.3. The van der Waals surface area contributed by atoms with E-state index in [0.717, 1.165) is 45.9 Å². The van der Waals surface area contributed by atoms with Crippen molar-refractivity contribution in [2.75, 3.05) is 59.5 Å². The summed E-state index contributed by atoms with van der Waals surface area (Å²) in [6.07, 6.45) is 24.5. The first-order valence-corrected chi connectivity index (χ1v) is 22.1. The Balaban J connectivity index is 0.000000345. The SMILES string of the molecule is CCC1CO1.OCC12CCCCC1O2.OCC12CCCCC1O2.OCC1CO1.OCC1CO1.[CH2-]C12CCCCC1O2.[CH2-]C12CCCCC1O2.[CH2-]C1CO1.[CH2-]C1CO1.[Y].[Y].[Y].[Y]. The second-order valence-corrected chi connectivity index (χ2v) is 17.5. The van der Waals surface area contributed by atoms with Gasteiger partial charge in [0.05, 0.1) is 76.8 Å². The molecule has 0 aromatic rings. The normalized spacial score (nSPS) is 41.8. The van der Waals surface area contributed by atoms with Crippen molar-refractivity contribution in [1.29, 1.82) is 0 Å². The van der Waals surface area contributed by atoms with Crippen LogP contribution in [0.4, 0.5) is 0 Å². The van der Waals surface area contributed by atoms with Gasteiger partial charge in [-0.1, -0.05) is 71.1 Å². The quantitative estimate of drug-likeness (QED) is 0.224. The molecule has 0 aromatic carbocycles. The van der Waals surface area contributed by atoms with Crippen LogP contribution in [0.3, 0.4) is 0 Å². The second kappa shape index (κ2) is 31.3. The Morgan fingerprint density at radius 3 is 0.869 bits per heavy atom. The molecule has 4 N–H and O–H groups in total. The van der Waals surface area contributed by atoms with Crippen LogP contribution in [0.5, 0.6) is 0 Å². The molecule has 4 saturated carbocycles. The molecule has 13 atom stereocenters. The van der Waals surface area contributed by atoms with E-state index in [4.69, 9.17) is 44.1 Å². The van der Waals surface area contributed by atoms with Gasteiger partial charge in [0.25, 0.3) is 0 Å². The van der Waals surface area contributed by atoms with Gasteiger partial charge in [-0.3, -0.25) is 0 Å². The topological polar surface area (TPSA) is 194 Å². The second-order valence-electron chi connectivity index (χ2n) is 17.5. The van der Waals surface area contributed by atoms with Crippen molar-refractivity contribution in [3.8, 4) is 0 Å². The van der Waals surface area contributed by atoms with E-state index in [0.29, 0.717) is 42.7 Å². The Bertz CT molecular complexity index is 1050. The van der Waals surface area contributed by atoms with Gasteiger partial charge in [0, 0.05) is 144 Å². The standard InChI is InChI=1S/2C7H12O2.2C7H11O.C4H8O.2C3H6O2.2C3H5O.4Y/c2*8-5-7-4-2-1-3-6(7)9-7;2*1-7-5-3-2-4-6(7)8-7;1-2-4-3-5-4;2*4-1-3-2-5-3;2*1-3-2-4-3;;;;/h2*6,8H,1-5H2;2*6H,1-5H2;4H,2-3H2,1H3;2*3-4H,1-2H2;2*3H,1-2H2;;;;/q;;2*-1;;;;2*-1;;;;. The molecule has 9 saturated heterocycles. The largest absolute Gasteiger partial charge is 0.408 e. The van der Waals surface area contributed by atoms with Gasteiger partial charge >= 0.3 is 0 Å². The summed E-state index contributed by atoms with van der Waals surface area (Å²) < 4.78 is 44.7. The van der Waals surface area contributed by atoms with Crippen LogP contribution in [0, 0.1) is 27.7 Å². The predicted octanol–water partition coefficient (Wildman–Crippen LogP) is 4.42. The number of hydrogen-bond acceptors (Lipinski definition) is 13. The molecule has 13 unspecified atom stereocenters. The maximum absolute atomic E-state index is 8.87. The van der Waals surface area contributed by atoms with E-state index in [1.807, 2.05) is 0 Å². The van der Waals surface area contributed by atoms with Gasteiger partial charge < -0.3 is 90.8 Å². The number of rotatable bonds is 5. The van der Waals surface area contributed by atoms with Crippen molar-refractivity contribution < 1.29 is 194 Å². The zero-order chi connectivity index (χ0) is 40.9. The molecular weight excluding hydrogens is 1090 g/mol. The zero-order valence-electron chi connectivity index (χ0n) is 37.2. The van der Waals surface area contributed by atoms with Gasteiger partial charge in [-0.05, 0) is 68.4 Å². The monoisotopic (exact) mass is 1170 g/mol. The summed E-state index contributed by atoms with van der Waals surface area (Å²) in [4.78, 5) is 0. The van der Waals surface area contributed by atoms with Crippen LogP contribution in [0.1, 0.15) is 116 Å². The van der Waals surface area contributed by atoms with Crippen LogP contribution < -0.4 is 0 Å². The van der Waals surface area contributed by atoms with Crippen molar-refractivity contribution in [3.05, 3.63) is 27.7 Å². The Morgan fingerprint density at radius 2 is 0.738 bits per heavy atom. The first kappa shape index (κ1) is 62.9. The molecule has 13 rings (SSSR count). The fourth-order valence-electron chi connectivity index (χ4n) is 7.40. The molecule has 346 valence electrons. The van der Waals surface area contributed by atoms with Gasteiger partial charge in [-0.15, -0.1) is 0 Å². The van der Waals surface area contributed by atoms with Crippen LogP contribution in [0.25, 0.3) is 0 Å². The van der Waals surface area contributed by atoms with E-state index in [1.54, 1.807) is 0 Å². The third-order valence-corrected chi connectivity index (χ3v) is 12.3. The van der Waals surface area contributed by atoms with Gasteiger partial charge in [0.1, 0.15) is 23.4 Å². The Kier molecular flexibility index (Phi) is 32.3. The van der Waals surface area contributed by atoms with E-state index in [1.165, 1.54) is 96.3 Å². The van der Waals surface area contributed by atoms with Crippen molar-refractivity contribution >= 4 is 0 Å². The summed E-state index contributed by atoms with van der Waals surface area (Å²) in [7, 11) is 0. The summed E-state index contributed by atoms with van der Waals surface area (Å²) in [5.74, 6) is 0. The van der Waals surface area contributed by atoms with E-state index >= 15 is 0 Å². The molecule has 4 radical (unpaired) electrons. The predicted molar refractivity (Wildman–Crippen MR) is 213 cm³/mol. The number of fused-ring (bicyclic) bond motifs is 4. The van der Waals surface area contributed by atoms with Crippen LogP contribution in [-0.4, -0.2) is 157 Å². The third kappa shape index (κ3) is 25.0. The molecule has 9 heterocycles. The molecule has 9 aliphatic heterocycles. The summed E-state index contributed by atoms with van der Waals surface area (Å²) in [5, 5.41) is 33.9. The first-order chi connectivity index (χ1) is 27.5. The van der Waals surface area contributed by atoms with Gasteiger partial charge in [0.2, 0.25) is 0 Å². The van der Waals surface area contributed by atoms with Crippen molar-refractivity contribution in [3.63, 3.8) is 0 Å². The minimum atomic E-state index is -0.0573.